The summed E-state index contributed by atoms with van der Waals surface area (Å²) in [6.07, 6.45) is -7.71. The fourth-order valence-corrected chi connectivity index (χ4v) is 4.16. The normalized spacial score (nSPS) is 13.0. The number of hydrogen-bond donors (Lipinski definition) is 2. The zero-order chi connectivity index (χ0) is 31.3. The fourth-order valence-electron chi connectivity index (χ4n) is 3.25. The first-order valence-corrected chi connectivity index (χ1v) is 14.1. The Kier molecular flexibility index (Phi) is 13.4. The summed E-state index contributed by atoms with van der Waals surface area (Å²) in [5, 5.41) is 3.45. The van der Waals surface area contributed by atoms with Gasteiger partial charge in [0, 0.05) is 24.8 Å². The Bertz CT molecular complexity index is 1230. The van der Waals surface area contributed by atoms with Gasteiger partial charge in [0.1, 0.15) is 11.5 Å². The molecule has 0 aromatic heterocycles. The molecule has 2 rings (SSSR count). The van der Waals surface area contributed by atoms with Crippen LogP contribution in [0.15, 0.2) is 66.1 Å². The summed E-state index contributed by atoms with van der Waals surface area (Å²) in [5.41, 5.74) is -2.12. The summed E-state index contributed by atoms with van der Waals surface area (Å²) in [4.78, 5) is 13.9. The van der Waals surface area contributed by atoms with Gasteiger partial charge in [-0.1, -0.05) is 51.0 Å². The minimum absolute atomic E-state index is 0.118. The van der Waals surface area contributed by atoms with Gasteiger partial charge in [0.15, 0.2) is 5.11 Å². The minimum Gasteiger partial charge on any atom is -0.439 e. The average Bonchev–Trinajstić information content (AvgIpc) is 2.87. The Hall–Kier alpha value is -3.53. The number of benzene rings is 2. The predicted molar refractivity (Wildman–Crippen MR) is 148 cm³/mol. The molecule has 16 heteroatoms. The van der Waals surface area contributed by atoms with E-state index in [0.29, 0.717) is 10.8 Å². The van der Waals surface area contributed by atoms with Gasteiger partial charge in [0.2, 0.25) is 11.5 Å². The number of carbonyl (C=O) groups is 1. The molecule has 0 amide bonds. The summed E-state index contributed by atoms with van der Waals surface area (Å²) in [7, 11) is 0. The van der Waals surface area contributed by atoms with Gasteiger partial charge in [0.25, 0.3) is 0 Å². The molecule has 0 spiro atoms. The van der Waals surface area contributed by atoms with Gasteiger partial charge < -0.3 is 23.9 Å². The number of rotatable bonds is 14. The molecule has 232 valence electrons. The second-order valence-electron chi connectivity index (χ2n) is 8.52. The van der Waals surface area contributed by atoms with E-state index in [0.717, 1.165) is 50.9 Å². The summed E-state index contributed by atoms with van der Waals surface area (Å²) in [5.74, 6) is -4.91. The number of esters is 1. The van der Waals surface area contributed by atoms with E-state index in [1.807, 2.05) is 18.7 Å². The zero-order valence-electron chi connectivity index (χ0n) is 22.5. The maximum absolute atomic E-state index is 13.8. The topological polar surface area (TPSA) is 89.1 Å². The van der Waals surface area contributed by atoms with Gasteiger partial charge >= 0.3 is 29.8 Å². The van der Waals surface area contributed by atoms with E-state index in [-0.39, 0.29) is 11.5 Å². The first-order valence-electron chi connectivity index (χ1n) is 12.6. The monoisotopic (exact) mass is 641 g/mol. The van der Waals surface area contributed by atoms with Crippen LogP contribution in [0.2, 0.25) is 0 Å². The molecule has 0 aliphatic heterocycles. The van der Waals surface area contributed by atoms with Gasteiger partial charge in [-0.25, -0.2) is 9.52 Å². The lowest BCUT2D eigenvalue weighted by molar-refractivity contribution is -0.305. The largest absolute Gasteiger partial charge is 0.575 e. The van der Waals surface area contributed by atoms with Gasteiger partial charge in [-0.3, -0.25) is 0 Å². The molecule has 0 aliphatic rings. The molecular formula is C26H29F6N3O5S2. The molecule has 0 bridgehead atoms. The standard InChI is InChI=1S/C26H29F6N3O5S2/c1-3-5-15-35(16-6-4-2)24(41)33-18-11-10-14-20(17-18)40-42(37)34-22(38-19-12-8-7-9-13-19)21(25(27,28)29)23(36)39-26(30,31)32/h7-14,17,34H,3-6,15-16H2,1-2H3,(H,33,41)/b22-21-. The van der Waals surface area contributed by atoms with E-state index in [2.05, 4.69) is 10.1 Å². The molecule has 0 radical (unpaired) electrons. The predicted octanol–water partition coefficient (Wildman–Crippen LogP) is 6.75. The van der Waals surface area contributed by atoms with Crippen LogP contribution in [0.5, 0.6) is 11.5 Å². The van der Waals surface area contributed by atoms with Crippen LogP contribution in [0.25, 0.3) is 0 Å². The highest BCUT2D eigenvalue weighted by molar-refractivity contribution is 7.80. The van der Waals surface area contributed by atoms with Crippen molar-refractivity contribution in [2.24, 2.45) is 0 Å². The smallest absolute Gasteiger partial charge is 0.439 e. The maximum atomic E-state index is 13.8. The first kappa shape index (κ1) is 34.7. The van der Waals surface area contributed by atoms with E-state index in [1.54, 1.807) is 10.8 Å². The third-order valence-electron chi connectivity index (χ3n) is 5.17. The van der Waals surface area contributed by atoms with Crippen LogP contribution in [-0.2, 0) is 20.8 Å². The molecule has 0 heterocycles. The number of carbonyl (C=O) groups excluding carboxylic acids is 1. The number of anilines is 1. The number of nitrogens with zero attached hydrogens (tertiary/aromatic N) is 1. The Morgan fingerprint density at radius 3 is 2.07 bits per heavy atom. The first-order chi connectivity index (χ1) is 19.7. The number of alkyl halides is 6. The van der Waals surface area contributed by atoms with Crippen LogP contribution >= 0.6 is 12.2 Å². The van der Waals surface area contributed by atoms with Crippen LogP contribution in [0.3, 0.4) is 0 Å². The van der Waals surface area contributed by atoms with E-state index in [9.17, 15) is 35.3 Å². The quantitative estimate of drug-likeness (QED) is 0.0771. The highest BCUT2D eigenvalue weighted by Gasteiger charge is 2.48. The van der Waals surface area contributed by atoms with Crippen molar-refractivity contribution in [2.75, 3.05) is 18.4 Å². The molecule has 2 aromatic carbocycles. The molecule has 2 aromatic rings. The van der Waals surface area contributed by atoms with Crippen LogP contribution < -0.4 is 19.0 Å². The zero-order valence-corrected chi connectivity index (χ0v) is 24.1. The fraction of sp³-hybridized carbons (Fsp3) is 0.385. The Labute approximate surface area is 246 Å². The summed E-state index contributed by atoms with van der Waals surface area (Å²) >= 11 is 2.61. The van der Waals surface area contributed by atoms with Gasteiger partial charge in [-0.15, -0.1) is 13.2 Å². The van der Waals surface area contributed by atoms with Crippen molar-refractivity contribution in [1.29, 1.82) is 0 Å². The van der Waals surface area contributed by atoms with Crippen LogP contribution in [-0.4, -0.2) is 45.8 Å². The maximum Gasteiger partial charge on any atom is 0.575 e. The number of thiocarbonyl (C=S) groups is 1. The van der Waals surface area contributed by atoms with Crippen molar-refractivity contribution in [1.82, 2.24) is 9.62 Å². The second kappa shape index (κ2) is 16.2. The number of halogens is 6. The molecule has 0 aliphatic carbocycles. The number of unbranched alkanes of at least 4 members (excludes halogenated alkanes) is 2. The molecule has 2 N–H and O–H groups in total. The van der Waals surface area contributed by atoms with E-state index in [1.165, 1.54) is 36.4 Å². The van der Waals surface area contributed by atoms with Crippen molar-refractivity contribution in [3.63, 3.8) is 0 Å². The number of ether oxygens (including phenoxy) is 2. The number of nitrogens with one attached hydrogen (secondary N) is 2. The van der Waals surface area contributed by atoms with Crippen molar-refractivity contribution in [3.8, 4) is 11.5 Å². The second-order valence-corrected chi connectivity index (χ2v) is 9.75. The Balaban J connectivity index is 2.30. The van der Waals surface area contributed by atoms with Gasteiger partial charge in [-0.05, 0) is 49.3 Å². The molecule has 1 unspecified atom stereocenters. The lowest BCUT2D eigenvalue weighted by Gasteiger charge is -2.25. The summed E-state index contributed by atoms with van der Waals surface area (Å²) in [6, 6.07) is 12.2. The molecule has 1 atom stereocenters. The van der Waals surface area contributed by atoms with E-state index < -0.39 is 41.2 Å². The average molecular weight is 642 g/mol. The SMILES string of the molecule is CCCCN(CCCC)C(=S)Nc1cccc(OS(=O)N/C(Oc2ccccc2)=C(\C(=O)OC(F)(F)F)C(F)(F)F)c1. The molecule has 42 heavy (non-hydrogen) atoms. The molecule has 0 saturated carbocycles. The third kappa shape index (κ3) is 12.1. The van der Waals surface area contributed by atoms with Crippen LogP contribution in [0.4, 0.5) is 32.0 Å². The highest BCUT2D eigenvalue weighted by atomic mass is 32.2. The van der Waals surface area contributed by atoms with Gasteiger partial charge in [-0.2, -0.15) is 17.4 Å². The van der Waals surface area contributed by atoms with Crippen molar-refractivity contribution in [3.05, 3.63) is 66.1 Å². The number of para-hydroxylation sites is 1. The third-order valence-corrected chi connectivity index (χ3v) is 6.23. The van der Waals surface area contributed by atoms with Crippen molar-refractivity contribution in [2.45, 2.75) is 52.1 Å². The Morgan fingerprint density at radius 2 is 1.52 bits per heavy atom. The van der Waals surface area contributed by atoms with Crippen LogP contribution in [0.1, 0.15) is 39.5 Å². The molecule has 8 nitrogen and oxygen atoms in total. The van der Waals surface area contributed by atoms with Crippen LogP contribution in [0, 0.1) is 0 Å². The molecule has 0 fully saturated rings. The van der Waals surface area contributed by atoms with E-state index in [4.69, 9.17) is 21.1 Å². The lowest BCUT2D eigenvalue weighted by atomic mass is 10.2. The lowest BCUT2D eigenvalue weighted by Crippen LogP contribution is -2.36. The van der Waals surface area contributed by atoms with Crippen molar-refractivity contribution >= 4 is 40.3 Å². The number of hydrogen-bond acceptors (Lipinski definition) is 6. The summed E-state index contributed by atoms with van der Waals surface area (Å²) in [6.45, 7) is 5.54. The van der Waals surface area contributed by atoms with E-state index >= 15 is 0 Å². The van der Waals surface area contributed by atoms with Gasteiger partial charge in [0.05, 0.1) is 0 Å². The highest BCUT2D eigenvalue weighted by Crippen LogP contribution is 2.32. The molecular weight excluding hydrogens is 612 g/mol. The Morgan fingerprint density at radius 1 is 0.929 bits per heavy atom. The summed E-state index contributed by atoms with van der Waals surface area (Å²) < 4.78 is 107. The van der Waals surface area contributed by atoms with Crippen molar-refractivity contribution < 1.29 is 49.0 Å². The minimum atomic E-state index is -5.74. The molecule has 0 saturated heterocycles.